The van der Waals surface area contributed by atoms with E-state index in [-0.39, 0.29) is 6.03 Å². The van der Waals surface area contributed by atoms with Gasteiger partial charge in [-0.05, 0) is 24.2 Å². The summed E-state index contributed by atoms with van der Waals surface area (Å²) >= 11 is 0. The number of piperazine rings is 1. The minimum atomic E-state index is -0.594. The maximum atomic E-state index is 12.6. The van der Waals surface area contributed by atoms with E-state index in [0.717, 1.165) is 38.3 Å². The Balaban J connectivity index is 1.91. The third kappa shape index (κ3) is 4.45. The molecule has 2 amide bonds. The van der Waals surface area contributed by atoms with Crippen LogP contribution in [0.1, 0.15) is 18.5 Å². The van der Waals surface area contributed by atoms with Crippen LogP contribution in [0.25, 0.3) is 0 Å². The first-order valence-corrected chi connectivity index (χ1v) is 9.53. The van der Waals surface area contributed by atoms with Crippen molar-refractivity contribution in [1.29, 1.82) is 0 Å². The Kier molecular flexibility index (Phi) is 6.53. The SMILES string of the molecule is CCN1CCN(CC2=C(C(=O)OC)[C@@H](c3cccc(OC)c3)NC(=O)N2)CC1. The molecule has 8 nitrogen and oxygen atoms in total. The van der Waals surface area contributed by atoms with E-state index in [1.807, 2.05) is 24.3 Å². The molecule has 2 aliphatic rings. The van der Waals surface area contributed by atoms with Crippen molar-refractivity contribution in [1.82, 2.24) is 20.4 Å². The fourth-order valence-electron chi connectivity index (χ4n) is 3.65. The summed E-state index contributed by atoms with van der Waals surface area (Å²) in [4.78, 5) is 29.6. The van der Waals surface area contributed by atoms with Gasteiger partial charge in [0.05, 0.1) is 25.8 Å². The molecule has 0 saturated carbocycles. The van der Waals surface area contributed by atoms with Crippen LogP contribution in [0.4, 0.5) is 4.79 Å². The average molecular weight is 388 g/mol. The summed E-state index contributed by atoms with van der Waals surface area (Å²) in [6.45, 7) is 7.40. The van der Waals surface area contributed by atoms with Crippen LogP contribution in [0.2, 0.25) is 0 Å². The van der Waals surface area contributed by atoms with Gasteiger partial charge in [0.15, 0.2) is 0 Å². The molecule has 2 aliphatic heterocycles. The molecule has 0 radical (unpaired) electrons. The maximum Gasteiger partial charge on any atom is 0.338 e. The molecular formula is C20H28N4O4. The van der Waals surface area contributed by atoms with E-state index < -0.39 is 12.0 Å². The van der Waals surface area contributed by atoms with Gasteiger partial charge in [-0.1, -0.05) is 19.1 Å². The Labute approximate surface area is 165 Å². The topological polar surface area (TPSA) is 83.1 Å². The van der Waals surface area contributed by atoms with E-state index in [1.165, 1.54) is 7.11 Å². The number of amides is 2. The van der Waals surface area contributed by atoms with Gasteiger partial charge < -0.3 is 25.0 Å². The van der Waals surface area contributed by atoms with Crippen LogP contribution in [-0.2, 0) is 9.53 Å². The number of carbonyl (C=O) groups excluding carboxylic acids is 2. The second kappa shape index (κ2) is 9.07. The summed E-state index contributed by atoms with van der Waals surface area (Å²) in [7, 11) is 2.94. The smallest absolute Gasteiger partial charge is 0.338 e. The quantitative estimate of drug-likeness (QED) is 0.711. The number of esters is 1. The summed E-state index contributed by atoms with van der Waals surface area (Å²) in [6.07, 6.45) is 0. The predicted molar refractivity (Wildman–Crippen MR) is 105 cm³/mol. The lowest BCUT2D eigenvalue weighted by atomic mass is 9.94. The minimum Gasteiger partial charge on any atom is -0.497 e. The number of methoxy groups -OCH3 is 2. The third-order valence-corrected chi connectivity index (χ3v) is 5.28. The van der Waals surface area contributed by atoms with E-state index in [0.29, 0.717) is 23.6 Å². The number of hydrogen-bond acceptors (Lipinski definition) is 6. The summed E-state index contributed by atoms with van der Waals surface area (Å²) < 4.78 is 10.3. The van der Waals surface area contributed by atoms with Crippen molar-refractivity contribution < 1.29 is 19.1 Å². The van der Waals surface area contributed by atoms with Gasteiger partial charge in [-0.25, -0.2) is 9.59 Å². The van der Waals surface area contributed by atoms with Crippen LogP contribution in [0.3, 0.4) is 0 Å². The monoisotopic (exact) mass is 388 g/mol. The molecule has 2 heterocycles. The number of urea groups is 1. The molecule has 1 atom stereocenters. The van der Waals surface area contributed by atoms with Crippen molar-refractivity contribution in [2.75, 3.05) is 53.5 Å². The molecule has 1 aromatic rings. The number of hydrogen-bond donors (Lipinski definition) is 2. The number of likely N-dealkylation sites (N-methyl/N-ethyl adjacent to an activating group) is 1. The first-order valence-electron chi connectivity index (χ1n) is 9.53. The molecule has 8 heteroatoms. The highest BCUT2D eigenvalue weighted by Crippen LogP contribution is 2.30. The predicted octanol–water partition coefficient (Wildman–Crippen LogP) is 1.11. The number of rotatable bonds is 6. The summed E-state index contributed by atoms with van der Waals surface area (Å²) in [5.74, 6) is 0.203. The number of carbonyl (C=O) groups is 2. The zero-order valence-corrected chi connectivity index (χ0v) is 16.7. The first-order chi connectivity index (χ1) is 13.5. The summed E-state index contributed by atoms with van der Waals surface area (Å²) in [5, 5.41) is 5.67. The number of nitrogens with one attached hydrogen (secondary N) is 2. The molecule has 1 fully saturated rings. The summed E-state index contributed by atoms with van der Waals surface area (Å²) in [5.41, 5.74) is 1.78. The molecule has 0 aromatic heterocycles. The van der Waals surface area contributed by atoms with Gasteiger partial charge in [-0.15, -0.1) is 0 Å². The van der Waals surface area contributed by atoms with Crippen LogP contribution < -0.4 is 15.4 Å². The minimum absolute atomic E-state index is 0.331. The molecule has 2 N–H and O–H groups in total. The lowest BCUT2D eigenvalue weighted by molar-refractivity contribution is -0.136. The number of benzene rings is 1. The normalized spacial score (nSPS) is 21.1. The van der Waals surface area contributed by atoms with Crippen LogP contribution in [0.15, 0.2) is 35.5 Å². The van der Waals surface area contributed by atoms with Gasteiger partial charge in [0.25, 0.3) is 0 Å². The van der Waals surface area contributed by atoms with Gasteiger partial charge >= 0.3 is 12.0 Å². The lowest BCUT2D eigenvalue weighted by Crippen LogP contribution is -2.51. The Hall–Kier alpha value is -2.58. The molecule has 0 bridgehead atoms. The van der Waals surface area contributed by atoms with E-state index >= 15 is 0 Å². The zero-order valence-electron chi connectivity index (χ0n) is 16.7. The first kappa shape index (κ1) is 20.2. The Morgan fingerprint density at radius 1 is 1.18 bits per heavy atom. The fraction of sp³-hybridized carbons (Fsp3) is 0.500. The van der Waals surface area contributed by atoms with Gasteiger partial charge in [-0.3, -0.25) is 4.90 Å². The van der Waals surface area contributed by atoms with Crippen LogP contribution in [0, 0.1) is 0 Å². The third-order valence-electron chi connectivity index (χ3n) is 5.28. The molecule has 1 aromatic carbocycles. The molecule has 28 heavy (non-hydrogen) atoms. The van der Waals surface area contributed by atoms with Gasteiger partial charge in [-0.2, -0.15) is 0 Å². The number of nitrogens with zero attached hydrogens (tertiary/aromatic N) is 2. The van der Waals surface area contributed by atoms with Crippen LogP contribution in [-0.4, -0.2) is 75.3 Å². The lowest BCUT2D eigenvalue weighted by Gasteiger charge is -2.36. The maximum absolute atomic E-state index is 12.6. The highest BCUT2D eigenvalue weighted by Gasteiger charge is 2.34. The number of ether oxygens (including phenoxy) is 2. The summed E-state index contributed by atoms with van der Waals surface area (Å²) in [6, 6.07) is 6.41. The second-order valence-electron chi connectivity index (χ2n) is 6.90. The van der Waals surface area contributed by atoms with Crippen molar-refractivity contribution in [3.63, 3.8) is 0 Å². The fourth-order valence-corrected chi connectivity index (χ4v) is 3.65. The molecule has 152 valence electrons. The molecule has 0 spiro atoms. The van der Waals surface area contributed by atoms with Crippen molar-refractivity contribution in [2.45, 2.75) is 13.0 Å². The average Bonchev–Trinajstić information content (AvgIpc) is 2.73. The molecule has 0 unspecified atom stereocenters. The van der Waals surface area contributed by atoms with Gasteiger partial charge in [0, 0.05) is 38.4 Å². The van der Waals surface area contributed by atoms with Crippen LogP contribution in [0.5, 0.6) is 5.75 Å². The largest absolute Gasteiger partial charge is 0.497 e. The van der Waals surface area contributed by atoms with Crippen molar-refractivity contribution in [2.24, 2.45) is 0 Å². The zero-order chi connectivity index (χ0) is 20.1. The highest BCUT2D eigenvalue weighted by molar-refractivity contribution is 5.95. The van der Waals surface area contributed by atoms with E-state index in [9.17, 15) is 9.59 Å². The molecule has 0 aliphatic carbocycles. The Morgan fingerprint density at radius 3 is 2.54 bits per heavy atom. The molecule has 3 rings (SSSR count). The van der Waals surface area contributed by atoms with Crippen molar-refractivity contribution in [3.8, 4) is 5.75 Å². The van der Waals surface area contributed by atoms with Gasteiger partial charge in [0.1, 0.15) is 5.75 Å². The van der Waals surface area contributed by atoms with E-state index in [4.69, 9.17) is 9.47 Å². The van der Waals surface area contributed by atoms with E-state index in [2.05, 4.69) is 27.4 Å². The van der Waals surface area contributed by atoms with Gasteiger partial charge in [0.2, 0.25) is 0 Å². The molecular weight excluding hydrogens is 360 g/mol. The van der Waals surface area contributed by atoms with Crippen molar-refractivity contribution in [3.05, 3.63) is 41.1 Å². The highest BCUT2D eigenvalue weighted by atomic mass is 16.5. The Morgan fingerprint density at radius 2 is 1.89 bits per heavy atom. The van der Waals surface area contributed by atoms with E-state index in [1.54, 1.807) is 7.11 Å². The van der Waals surface area contributed by atoms with Crippen LogP contribution >= 0.6 is 0 Å². The molecule has 1 saturated heterocycles. The Bertz CT molecular complexity index is 756. The second-order valence-corrected chi connectivity index (χ2v) is 6.90. The van der Waals surface area contributed by atoms with Crippen molar-refractivity contribution >= 4 is 12.0 Å². The standard InChI is InChI=1S/C20H28N4O4/c1-4-23-8-10-24(11-9-23)13-16-17(19(25)28-3)18(22-20(26)21-16)14-6-5-7-15(12-14)27-2/h5-7,12,18H,4,8-11,13H2,1-3H3,(H2,21,22,26)/t18-/m1/s1.